The Morgan fingerprint density at radius 2 is 1.69 bits per heavy atom. The van der Waals surface area contributed by atoms with Crippen molar-refractivity contribution in [2.45, 2.75) is 24.9 Å². The van der Waals surface area contributed by atoms with Crippen molar-refractivity contribution in [1.29, 1.82) is 0 Å². The molecule has 1 aliphatic heterocycles. The molecule has 0 spiro atoms. The molecule has 3 rings (SSSR count). The van der Waals surface area contributed by atoms with Crippen LogP contribution in [0.4, 0.5) is 0 Å². The van der Waals surface area contributed by atoms with E-state index in [1.165, 1.54) is 23.8 Å². The van der Waals surface area contributed by atoms with Gasteiger partial charge in [0.15, 0.2) is 11.3 Å². The van der Waals surface area contributed by atoms with E-state index >= 15 is 0 Å². The zero-order valence-electron chi connectivity index (χ0n) is 20.4. The molecule has 1 saturated heterocycles. The number of piperazine rings is 1. The molecule has 2 aromatic rings. The van der Waals surface area contributed by atoms with E-state index in [2.05, 4.69) is 10.6 Å². The smallest absolute Gasteiger partial charge is 0.251 e. The summed E-state index contributed by atoms with van der Waals surface area (Å²) in [6.07, 6.45) is 0.246. The monoisotopic (exact) mass is 493 g/mol. The predicted octanol–water partition coefficient (Wildman–Crippen LogP) is -0.269. The van der Waals surface area contributed by atoms with Crippen LogP contribution in [0, 0.1) is 0 Å². The summed E-state index contributed by atoms with van der Waals surface area (Å²) >= 11 is 0. The van der Waals surface area contributed by atoms with E-state index in [4.69, 9.17) is 5.73 Å². The van der Waals surface area contributed by atoms with Gasteiger partial charge in [0.05, 0.1) is 13.1 Å². The van der Waals surface area contributed by atoms with Gasteiger partial charge < -0.3 is 20.9 Å². The molecule has 1 fully saturated rings. The van der Waals surface area contributed by atoms with Crippen LogP contribution < -0.4 is 16.4 Å². The van der Waals surface area contributed by atoms with E-state index < -0.39 is 35.2 Å². The third kappa shape index (κ3) is 6.14. The molecule has 0 aliphatic carbocycles. The lowest BCUT2D eigenvalue weighted by Crippen LogP contribution is -2.67. The molecule has 1 aliphatic rings. The molecule has 190 valence electrons. The molecule has 10 heteroatoms. The second kappa shape index (κ2) is 11.6. The van der Waals surface area contributed by atoms with Crippen LogP contribution >= 0.6 is 0 Å². The first-order chi connectivity index (χ1) is 17.1. The largest absolute Gasteiger partial charge is 0.368 e. The van der Waals surface area contributed by atoms with Crippen molar-refractivity contribution in [2.75, 3.05) is 33.2 Å². The van der Waals surface area contributed by atoms with Crippen LogP contribution in [-0.4, -0.2) is 84.0 Å². The SMILES string of the molecule is CN(C(=O)CNC(=O)CN1CCNC(C)(C(=O)c2ccccc2)C1=O)[C@@H](Cc1ccccc1)C(N)=O. The van der Waals surface area contributed by atoms with Crippen molar-refractivity contribution in [3.05, 3.63) is 71.8 Å². The van der Waals surface area contributed by atoms with Gasteiger partial charge in [0.1, 0.15) is 6.04 Å². The highest BCUT2D eigenvalue weighted by molar-refractivity contribution is 6.18. The fourth-order valence-electron chi connectivity index (χ4n) is 4.11. The second-order valence-electron chi connectivity index (χ2n) is 8.86. The van der Waals surface area contributed by atoms with Gasteiger partial charge in [-0.3, -0.25) is 29.3 Å². The second-order valence-corrected chi connectivity index (χ2v) is 8.86. The van der Waals surface area contributed by atoms with Gasteiger partial charge in [-0.15, -0.1) is 0 Å². The third-order valence-corrected chi connectivity index (χ3v) is 6.30. The van der Waals surface area contributed by atoms with Gasteiger partial charge in [-0.05, 0) is 12.5 Å². The average Bonchev–Trinajstić information content (AvgIpc) is 2.88. The molecule has 4 N–H and O–H groups in total. The maximum atomic E-state index is 13.1. The average molecular weight is 494 g/mol. The highest BCUT2D eigenvalue weighted by Gasteiger charge is 2.46. The van der Waals surface area contributed by atoms with E-state index in [9.17, 15) is 24.0 Å². The van der Waals surface area contributed by atoms with Gasteiger partial charge in [0, 0.05) is 32.1 Å². The fraction of sp³-hybridized carbons (Fsp3) is 0.346. The first-order valence-electron chi connectivity index (χ1n) is 11.6. The minimum absolute atomic E-state index is 0.235. The van der Waals surface area contributed by atoms with Gasteiger partial charge in [0.25, 0.3) is 5.91 Å². The molecular formula is C26H31N5O5. The molecule has 10 nitrogen and oxygen atoms in total. The van der Waals surface area contributed by atoms with Crippen LogP contribution in [0.5, 0.6) is 0 Å². The summed E-state index contributed by atoms with van der Waals surface area (Å²) in [5.41, 5.74) is 5.25. The number of nitrogens with one attached hydrogen (secondary N) is 2. The lowest BCUT2D eigenvalue weighted by atomic mass is 9.88. The molecular weight excluding hydrogens is 462 g/mol. The maximum absolute atomic E-state index is 13.1. The summed E-state index contributed by atoms with van der Waals surface area (Å²) in [5.74, 6) is -2.61. The van der Waals surface area contributed by atoms with Crippen LogP contribution in [0.3, 0.4) is 0 Å². The molecule has 0 bridgehead atoms. The Bertz CT molecular complexity index is 1120. The van der Waals surface area contributed by atoms with Crippen LogP contribution in [0.1, 0.15) is 22.8 Å². The van der Waals surface area contributed by atoms with Crippen molar-refractivity contribution >= 4 is 29.4 Å². The van der Waals surface area contributed by atoms with Gasteiger partial charge in [0.2, 0.25) is 17.7 Å². The maximum Gasteiger partial charge on any atom is 0.251 e. The Labute approximate surface area is 209 Å². The molecule has 2 aromatic carbocycles. The number of ketones is 1. The van der Waals surface area contributed by atoms with E-state index in [1.807, 2.05) is 30.3 Å². The van der Waals surface area contributed by atoms with Crippen LogP contribution in [0.2, 0.25) is 0 Å². The van der Waals surface area contributed by atoms with Crippen molar-refractivity contribution in [1.82, 2.24) is 20.4 Å². The number of rotatable bonds is 10. The van der Waals surface area contributed by atoms with Crippen molar-refractivity contribution in [3.63, 3.8) is 0 Å². The normalized spacial score (nSPS) is 18.3. The first-order valence-corrected chi connectivity index (χ1v) is 11.6. The Hall–Kier alpha value is -4.05. The number of hydrogen-bond acceptors (Lipinski definition) is 6. The number of Topliss-reactive ketones (excluding diaryl/α,β-unsaturated/α-hetero) is 1. The molecule has 4 amide bonds. The van der Waals surface area contributed by atoms with Gasteiger partial charge in [-0.2, -0.15) is 0 Å². The highest BCUT2D eigenvalue weighted by Crippen LogP contribution is 2.19. The van der Waals surface area contributed by atoms with Crippen LogP contribution in [-0.2, 0) is 25.6 Å². The minimum atomic E-state index is -1.50. The number of benzene rings is 2. The number of likely N-dealkylation sites (N-methyl/N-ethyl adjacent to an activating group) is 1. The zero-order valence-corrected chi connectivity index (χ0v) is 20.4. The lowest BCUT2D eigenvalue weighted by molar-refractivity contribution is -0.142. The standard InChI is InChI=1S/C26H31N5O5/c1-26(23(34)19-11-7-4-8-12-19)25(36)31(14-13-29-26)17-21(32)28-16-22(33)30(2)20(24(27)35)15-18-9-5-3-6-10-18/h3-12,20,29H,13-17H2,1-2H3,(H2,27,35)(H,28,32)/t20-,26?/m0/s1. The first kappa shape index (κ1) is 26.6. The number of primary amides is 1. The lowest BCUT2D eigenvalue weighted by Gasteiger charge is -2.39. The summed E-state index contributed by atoms with van der Waals surface area (Å²) in [6.45, 7) is 1.39. The quantitative estimate of drug-likeness (QED) is 0.307. The number of nitrogens with two attached hydrogens (primary N) is 1. The predicted molar refractivity (Wildman–Crippen MR) is 133 cm³/mol. The van der Waals surface area contributed by atoms with Crippen molar-refractivity contribution < 1.29 is 24.0 Å². The number of carbonyl (C=O) groups excluding carboxylic acids is 5. The summed E-state index contributed by atoms with van der Waals surface area (Å²) in [7, 11) is 1.45. The number of carbonyl (C=O) groups is 5. The van der Waals surface area contributed by atoms with Gasteiger partial charge >= 0.3 is 0 Å². The summed E-state index contributed by atoms with van der Waals surface area (Å²) in [4.78, 5) is 65.8. The highest BCUT2D eigenvalue weighted by atomic mass is 16.2. The van der Waals surface area contributed by atoms with Gasteiger partial charge in [-0.1, -0.05) is 60.7 Å². The minimum Gasteiger partial charge on any atom is -0.368 e. The van der Waals surface area contributed by atoms with Crippen molar-refractivity contribution in [2.24, 2.45) is 5.73 Å². The molecule has 0 saturated carbocycles. The fourth-order valence-corrected chi connectivity index (χ4v) is 4.11. The Kier molecular flexibility index (Phi) is 8.55. The molecule has 1 heterocycles. The molecule has 1 unspecified atom stereocenters. The van der Waals surface area contributed by atoms with Crippen LogP contribution in [0.15, 0.2) is 60.7 Å². The number of hydrogen-bond donors (Lipinski definition) is 3. The zero-order chi connectivity index (χ0) is 26.3. The number of nitrogens with zero attached hydrogens (tertiary/aromatic N) is 2. The Balaban J connectivity index is 1.57. The molecule has 36 heavy (non-hydrogen) atoms. The Morgan fingerprint density at radius 3 is 2.31 bits per heavy atom. The molecule has 0 radical (unpaired) electrons. The van der Waals surface area contributed by atoms with Crippen LogP contribution in [0.25, 0.3) is 0 Å². The Morgan fingerprint density at radius 1 is 1.08 bits per heavy atom. The third-order valence-electron chi connectivity index (χ3n) is 6.30. The van der Waals surface area contributed by atoms with E-state index in [1.54, 1.807) is 30.3 Å². The summed E-state index contributed by atoms with van der Waals surface area (Å²) in [5, 5.41) is 5.47. The summed E-state index contributed by atoms with van der Waals surface area (Å²) in [6, 6.07) is 16.7. The molecule has 0 aromatic heterocycles. The van der Waals surface area contributed by atoms with E-state index in [-0.39, 0.29) is 31.8 Å². The summed E-state index contributed by atoms with van der Waals surface area (Å²) < 4.78 is 0. The van der Waals surface area contributed by atoms with E-state index in [0.29, 0.717) is 12.1 Å². The number of amides is 4. The van der Waals surface area contributed by atoms with Gasteiger partial charge in [-0.25, -0.2) is 0 Å². The topological polar surface area (TPSA) is 142 Å². The molecule has 2 atom stereocenters. The van der Waals surface area contributed by atoms with Crippen molar-refractivity contribution in [3.8, 4) is 0 Å². The van der Waals surface area contributed by atoms with E-state index in [0.717, 1.165) is 5.56 Å².